The van der Waals surface area contributed by atoms with E-state index in [0.717, 1.165) is 53.5 Å². The van der Waals surface area contributed by atoms with E-state index in [1.165, 1.54) is 0 Å². The van der Waals surface area contributed by atoms with Crippen LogP contribution >= 0.6 is 0 Å². The van der Waals surface area contributed by atoms with Crippen LogP contribution in [-0.2, 0) is 0 Å². The highest BCUT2D eigenvalue weighted by atomic mass is 16.2. The number of hydrogen-bond donors (Lipinski definition) is 2. The summed E-state index contributed by atoms with van der Waals surface area (Å²) in [7, 11) is 2.14. The molecule has 1 fully saturated rings. The van der Waals surface area contributed by atoms with Gasteiger partial charge in [0, 0.05) is 60.1 Å². The van der Waals surface area contributed by atoms with Gasteiger partial charge in [0.05, 0.1) is 11.2 Å². The third kappa shape index (κ3) is 4.30. The maximum Gasteiger partial charge on any atom is 0.323 e. The van der Waals surface area contributed by atoms with Crippen LogP contribution in [0.15, 0.2) is 66.9 Å². The van der Waals surface area contributed by atoms with Crippen molar-refractivity contribution in [2.45, 2.75) is 6.92 Å². The Morgan fingerprint density at radius 3 is 2.41 bits per heavy atom. The van der Waals surface area contributed by atoms with Crippen molar-refractivity contribution in [3.8, 4) is 0 Å². The average Bonchev–Trinajstić information content (AvgIpc) is 2.84. The zero-order valence-corrected chi connectivity index (χ0v) is 19.3. The van der Waals surface area contributed by atoms with E-state index in [1.807, 2.05) is 60.8 Å². The van der Waals surface area contributed by atoms with E-state index in [9.17, 15) is 9.59 Å². The highest BCUT2D eigenvalue weighted by molar-refractivity contribution is 6.13. The minimum atomic E-state index is -0.342. The Morgan fingerprint density at radius 1 is 0.853 bits per heavy atom. The number of hydrogen-bond acceptors (Lipinski definition) is 5. The summed E-state index contributed by atoms with van der Waals surface area (Å²) in [6, 6.07) is 18.6. The molecule has 1 aliphatic rings. The fourth-order valence-corrected chi connectivity index (χ4v) is 4.54. The molecule has 7 heteroatoms. The number of fused-ring (bicyclic) bond motifs is 2. The van der Waals surface area contributed by atoms with Crippen LogP contribution in [0.5, 0.6) is 0 Å². The average molecular weight is 454 g/mol. The van der Waals surface area contributed by atoms with Crippen LogP contribution in [0, 0.1) is 0 Å². The number of pyridine rings is 1. The van der Waals surface area contributed by atoms with Gasteiger partial charge in [-0.05, 0) is 49.7 Å². The van der Waals surface area contributed by atoms with E-state index in [-0.39, 0.29) is 11.8 Å². The van der Waals surface area contributed by atoms with E-state index >= 15 is 0 Å². The van der Waals surface area contributed by atoms with E-state index < -0.39 is 0 Å². The molecule has 2 amide bonds. The number of Topliss-reactive ketones (excluding diaryl/α,β-unsaturated/α-hetero) is 1. The largest absolute Gasteiger partial charge is 0.368 e. The van der Waals surface area contributed by atoms with Crippen LogP contribution in [-0.4, -0.2) is 54.9 Å². The lowest BCUT2D eigenvalue weighted by atomic mass is 10.0. The van der Waals surface area contributed by atoms with Crippen molar-refractivity contribution in [3.05, 3.63) is 72.4 Å². The highest BCUT2D eigenvalue weighted by Gasteiger charge is 2.17. The second-order valence-electron chi connectivity index (χ2n) is 8.69. The molecule has 0 atom stereocenters. The van der Waals surface area contributed by atoms with Gasteiger partial charge in [-0.25, -0.2) is 4.79 Å². The van der Waals surface area contributed by atoms with Gasteiger partial charge in [-0.3, -0.25) is 9.78 Å². The number of likely N-dealkylation sites (N-methyl/N-ethyl adjacent to an activating group) is 1. The third-order valence-electron chi connectivity index (χ3n) is 6.37. The Hall–Kier alpha value is -3.97. The topological polar surface area (TPSA) is 77.6 Å². The molecule has 1 aliphatic heterocycles. The molecule has 172 valence electrons. The molecule has 5 rings (SSSR count). The number of carbonyl (C=O) groups excluding carboxylic acids is 2. The molecule has 7 nitrogen and oxygen atoms in total. The molecule has 0 radical (unpaired) electrons. The molecule has 0 aliphatic carbocycles. The van der Waals surface area contributed by atoms with Crippen LogP contribution in [0.4, 0.5) is 21.9 Å². The predicted octanol–water partition coefficient (Wildman–Crippen LogP) is 4.99. The van der Waals surface area contributed by atoms with E-state index in [0.29, 0.717) is 16.9 Å². The number of rotatable bonds is 4. The molecule has 0 spiro atoms. The number of aromatic nitrogens is 1. The fraction of sp³-hybridized carbons (Fsp3) is 0.222. The van der Waals surface area contributed by atoms with Crippen LogP contribution in [0.3, 0.4) is 0 Å². The SMILES string of the molecule is CC(=O)c1cccc2c(NC(=O)Nc3ccc4nccc(N5CCN(C)CC5)c4c3)cccc12. The van der Waals surface area contributed by atoms with E-state index in [2.05, 4.69) is 32.5 Å². The van der Waals surface area contributed by atoms with Crippen LogP contribution in [0.25, 0.3) is 21.7 Å². The van der Waals surface area contributed by atoms with Crippen LogP contribution in [0.2, 0.25) is 0 Å². The number of benzene rings is 3. The first kappa shape index (κ1) is 21.9. The molecule has 3 aromatic carbocycles. The van der Waals surface area contributed by atoms with Gasteiger partial charge in [0.15, 0.2) is 5.78 Å². The lowest BCUT2D eigenvalue weighted by Gasteiger charge is -2.34. The molecule has 4 aromatic rings. The second-order valence-corrected chi connectivity index (χ2v) is 8.69. The van der Waals surface area contributed by atoms with Gasteiger partial charge < -0.3 is 20.4 Å². The number of nitrogens with one attached hydrogen (secondary N) is 2. The summed E-state index contributed by atoms with van der Waals surface area (Å²) >= 11 is 0. The predicted molar refractivity (Wildman–Crippen MR) is 138 cm³/mol. The first-order valence-corrected chi connectivity index (χ1v) is 11.4. The van der Waals surface area contributed by atoms with Crippen LogP contribution in [0.1, 0.15) is 17.3 Å². The molecule has 0 saturated carbocycles. The maximum atomic E-state index is 12.9. The van der Waals surface area contributed by atoms with Gasteiger partial charge in [-0.2, -0.15) is 0 Å². The summed E-state index contributed by atoms with van der Waals surface area (Å²) < 4.78 is 0. The van der Waals surface area contributed by atoms with Crippen molar-refractivity contribution in [1.82, 2.24) is 9.88 Å². The molecule has 1 saturated heterocycles. The number of urea groups is 1. The van der Waals surface area contributed by atoms with Gasteiger partial charge in [0.2, 0.25) is 0 Å². The number of nitrogens with zero attached hydrogens (tertiary/aromatic N) is 3. The fourth-order valence-electron chi connectivity index (χ4n) is 4.54. The first-order valence-electron chi connectivity index (χ1n) is 11.4. The van der Waals surface area contributed by atoms with Crippen molar-refractivity contribution in [2.75, 3.05) is 48.8 Å². The number of carbonyl (C=O) groups is 2. The van der Waals surface area contributed by atoms with Gasteiger partial charge in [-0.15, -0.1) is 0 Å². The standard InChI is InChI=1S/C27H27N5O2/c1-18(33)20-5-3-7-22-21(20)6-4-8-25(22)30-27(34)29-19-9-10-24-23(17-19)26(11-12-28-24)32-15-13-31(2)14-16-32/h3-12,17H,13-16H2,1-2H3,(H2,29,30,34). The molecule has 0 unspecified atom stereocenters. The molecular weight excluding hydrogens is 426 g/mol. The third-order valence-corrected chi connectivity index (χ3v) is 6.37. The number of piperazine rings is 1. The number of anilines is 3. The molecule has 34 heavy (non-hydrogen) atoms. The van der Waals surface area contributed by atoms with Crippen molar-refractivity contribution in [3.63, 3.8) is 0 Å². The maximum absolute atomic E-state index is 12.9. The quantitative estimate of drug-likeness (QED) is 0.426. The molecular formula is C27H27N5O2. The summed E-state index contributed by atoms with van der Waals surface area (Å²) in [4.78, 5) is 34.1. The van der Waals surface area contributed by atoms with Gasteiger partial charge in [-0.1, -0.05) is 30.3 Å². The Bertz CT molecular complexity index is 1390. The lowest BCUT2D eigenvalue weighted by Crippen LogP contribution is -2.44. The molecule has 1 aromatic heterocycles. The van der Waals surface area contributed by atoms with Gasteiger partial charge >= 0.3 is 6.03 Å². The monoisotopic (exact) mass is 453 g/mol. The number of ketones is 1. The van der Waals surface area contributed by atoms with Crippen LogP contribution < -0.4 is 15.5 Å². The normalized spacial score (nSPS) is 14.4. The Morgan fingerprint density at radius 2 is 1.62 bits per heavy atom. The van der Waals surface area contributed by atoms with Crippen molar-refractivity contribution < 1.29 is 9.59 Å². The summed E-state index contributed by atoms with van der Waals surface area (Å²) in [5.74, 6) is -0.00636. The van der Waals surface area contributed by atoms with Gasteiger partial charge in [0.1, 0.15) is 0 Å². The Balaban J connectivity index is 1.40. The summed E-state index contributed by atoms with van der Waals surface area (Å²) in [6.45, 7) is 5.49. The zero-order valence-electron chi connectivity index (χ0n) is 19.3. The smallest absolute Gasteiger partial charge is 0.323 e. The first-order chi connectivity index (χ1) is 16.5. The summed E-state index contributed by atoms with van der Waals surface area (Å²) in [5.41, 5.74) is 4.01. The highest BCUT2D eigenvalue weighted by Crippen LogP contribution is 2.30. The minimum absolute atomic E-state index is 0.00636. The lowest BCUT2D eigenvalue weighted by molar-refractivity contribution is 0.101. The van der Waals surface area contributed by atoms with Gasteiger partial charge in [0.25, 0.3) is 0 Å². The molecule has 2 N–H and O–H groups in total. The second kappa shape index (κ2) is 9.11. The molecule has 2 heterocycles. The Kier molecular flexibility index (Phi) is 5.86. The summed E-state index contributed by atoms with van der Waals surface area (Å²) in [5, 5.41) is 8.55. The van der Waals surface area contributed by atoms with Crippen molar-refractivity contribution in [2.24, 2.45) is 0 Å². The van der Waals surface area contributed by atoms with Crippen molar-refractivity contribution in [1.29, 1.82) is 0 Å². The zero-order chi connectivity index (χ0) is 23.7. The van der Waals surface area contributed by atoms with Crippen molar-refractivity contribution >= 4 is 50.6 Å². The van der Waals surface area contributed by atoms with E-state index in [1.54, 1.807) is 13.0 Å². The Labute approximate surface area is 198 Å². The minimum Gasteiger partial charge on any atom is -0.368 e. The van der Waals surface area contributed by atoms with E-state index in [4.69, 9.17) is 0 Å². The number of amides is 2. The molecule has 0 bridgehead atoms. The summed E-state index contributed by atoms with van der Waals surface area (Å²) in [6.07, 6.45) is 1.84.